The fourth-order valence-electron chi connectivity index (χ4n) is 3.98. The summed E-state index contributed by atoms with van der Waals surface area (Å²) in [6.07, 6.45) is 14.8. The number of aromatic nitrogens is 3. The van der Waals surface area contributed by atoms with Crippen LogP contribution in [0.2, 0.25) is 0 Å². The SMILES string of the molecule is C(#Cc1cnc2[nH]ccc2c1NC1CCCCC1)c1ccc(C2CC2)cn1. The van der Waals surface area contributed by atoms with Gasteiger partial charge in [-0.2, -0.15) is 0 Å². The number of hydrogen-bond donors (Lipinski definition) is 2. The molecular formula is C23H24N4. The number of aromatic amines is 1. The van der Waals surface area contributed by atoms with Gasteiger partial charge in [0, 0.05) is 30.0 Å². The van der Waals surface area contributed by atoms with Crippen LogP contribution in [0, 0.1) is 11.8 Å². The van der Waals surface area contributed by atoms with Crippen molar-refractivity contribution in [3.05, 3.63) is 53.6 Å². The summed E-state index contributed by atoms with van der Waals surface area (Å²) in [6.45, 7) is 0. The summed E-state index contributed by atoms with van der Waals surface area (Å²) in [5.41, 5.74) is 5.12. The van der Waals surface area contributed by atoms with E-state index >= 15 is 0 Å². The number of anilines is 1. The number of hydrogen-bond acceptors (Lipinski definition) is 3. The smallest absolute Gasteiger partial charge is 0.139 e. The van der Waals surface area contributed by atoms with Gasteiger partial charge in [0.15, 0.2) is 0 Å². The Balaban J connectivity index is 1.46. The minimum atomic E-state index is 0.524. The lowest BCUT2D eigenvalue weighted by molar-refractivity contribution is 0.463. The Morgan fingerprint density at radius 2 is 1.81 bits per heavy atom. The number of pyridine rings is 2. The highest BCUT2D eigenvalue weighted by atomic mass is 14.9. The minimum absolute atomic E-state index is 0.524. The Hall–Kier alpha value is -2.80. The Morgan fingerprint density at radius 3 is 2.59 bits per heavy atom. The first-order valence-corrected chi connectivity index (χ1v) is 10.1. The standard InChI is InChI=1S/C23H24N4/c1-2-4-20(5-3-1)27-22-18(15-26-23-21(22)12-13-24-23)9-11-19-10-8-17(14-25-19)16-6-7-16/h8,10,12-16,20H,1-7H2,(H2,24,26,27). The monoisotopic (exact) mass is 356 g/mol. The second kappa shape index (κ2) is 7.08. The van der Waals surface area contributed by atoms with Crippen molar-refractivity contribution in [2.24, 2.45) is 0 Å². The number of nitrogens with zero attached hydrogens (tertiary/aromatic N) is 2. The van der Waals surface area contributed by atoms with E-state index in [1.54, 1.807) is 0 Å². The van der Waals surface area contributed by atoms with Crippen molar-refractivity contribution in [1.82, 2.24) is 15.0 Å². The molecule has 2 saturated carbocycles. The second-order valence-electron chi connectivity index (χ2n) is 7.77. The highest BCUT2D eigenvalue weighted by Crippen LogP contribution is 2.39. The van der Waals surface area contributed by atoms with Crippen LogP contribution in [0.25, 0.3) is 11.0 Å². The van der Waals surface area contributed by atoms with E-state index in [9.17, 15) is 0 Å². The molecule has 4 nitrogen and oxygen atoms in total. The van der Waals surface area contributed by atoms with Gasteiger partial charge in [-0.3, -0.25) is 0 Å². The van der Waals surface area contributed by atoms with Gasteiger partial charge >= 0.3 is 0 Å². The zero-order valence-electron chi connectivity index (χ0n) is 15.5. The molecule has 0 atom stereocenters. The van der Waals surface area contributed by atoms with E-state index in [0.717, 1.165) is 33.9 Å². The fourth-order valence-corrected chi connectivity index (χ4v) is 3.98. The third-order valence-electron chi connectivity index (χ3n) is 5.70. The van der Waals surface area contributed by atoms with Gasteiger partial charge in [0.25, 0.3) is 0 Å². The largest absolute Gasteiger partial charge is 0.381 e. The van der Waals surface area contributed by atoms with E-state index in [1.807, 2.05) is 24.7 Å². The molecule has 4 heteroatoms. The Kier molecular flexibility index (Phi) is 4.29. The molecule has 0 radical (unpaired) electrons. The molecule has 2 fully saturated rings. The molecule has 0 amide bonds. The first kappa shape index (κ1) is 16.4. The average molecular weight is 356 g/mol. The van der Waals surface area contributed by atoms with Gasteiger partial charge in [-0.25, -0.2) is 9.97 Å². The second-order valence-corrected chi connectivity index (χ2v) is 7.77. The van der Waals surface area contributed by atoms with Crippen LogP contribution in [0.1, 0.15) is 67.7 Å². The van der Waals surface area contributed by atoms with E-state index in [-0.39, 0.29) is 0 Å². The maximum Gasteiger partial charge on any atom is 0.139 e. The maximum atomic E-state index is 4.53. The highest BCUT2D eigenvalue weighted by molar-refractivity contribution is 5.92. The van der Waals surface area contributed by atoms with Crippen LogP contribution in [-0.2, 0) is 0 Å². The molecule has 3 aromatic heterocycles. The Morgan fingerprint density at radius 1 is 0.926 bits per heavy atom. The number of fused-ring (bicyclic) bond motifs is 1. The molecule has 2 N–H and O–H groups in total. The topological polar surface area (TPSA) is 53.6 Å². The zero-order chi connectivity index (χ0) is 18.1. The number of H-pyrrole nitrogens is 1. The molecule has 0 aliphatic heterocycles. The summed E-state index contributed by atoms with van der Waals surface area (Å²) in [4.78, 5) is 12.3. The van der Waals surface area contributed by atoms with E-state index in [1.165, 1.54) is 50.5 Å². The minimum Gasteiger partial charge on any atom is -0.381 e. The molecule has 27 heavy (non-hydrogen) atoms. The molecule has 0 bridgehead atoms. The zero-order valence-corrected chi connectivity index (χ0v) is 15.5. The first-order chi connectivity index (χ1) is 13.4. The molecule has 0 unspecified atom stereocenters. The van der Waals surface area contributed by atoms with Crippen molar-refractivity contribution in [1.29, 1.82) is 0 Å². The van der Waals surface area contributed by atoms with Crippen LogP contribution in [0.4, 0.5) is 5.69 Å². The van der Waals surface area contributed by atoms with Gasteiger partial charge in [-0.15, -0.1) is 0 Å². The molecule has 136 valence electrons. The normalized spacial score (nSPS) is 17.5. The lowest BCUT2D eigenvalue weighted by Crippen LogP contribution is -2.22. The van der Waals surface area contributed by atoms with E-state index < -0.39 is 0 Å². The van der Waals surface area contributed by atoms with Crippen LogP contribution in [-0.4, -0.2) is 21.0 Å². The molecule has 5 rings (SSSR count). The summed E-state index contributed by atoms with van der Waals surface area (Å²) in [5, 5.41) is 4.88. The molecule has 3 heterocycles. The summed E-state index contributed by atoms with van der Waals surface area (Å²) < 4.78 is 0. The quantitative estimate of drug-likeness (QED) is 0.651. The van der Waals surface area contributed by atoms with Crippen LogP contribution >= 0.6 is 0 Å². The highest BCUT2D eigenvalue weighted by Gasteiger charge is 2.23. The Bertz CT molecular complexity index is 996. The summed E-state index contributed by atoms with van der Waals surface area (Å²) >= 11 is 0. The predicted octanol–water partition coefficient (Wildman–Crippen LogP) is 4.98. The van der Waals surface area contributed by atoms with E-state index in [4.69, 9.17) is 0 Å². The van der Waals surface area contributed by atoms with Crippen molar-refractivity contribution in [2.45, 2.75) is 56.9 Å². The van der Waals surface area contributed by atoms with Gasteiger partial charge in [0.2, 0.25) is 0 Å². The third kappa shape index (κ3) is 3.55. The average Bonchev–Trinajstić information content (AvgIpc) is 3.45. The van der Waals surface area contributed by atoms with Gasteiger partial charge in [0.1, 0.15) is 11.3 Å². The molecule has 0 saturated heterocycles. The third-order valence-corrected chi connectivity index (χ3v) is 5.70. The van der Waals surface area contributed by atoms with Crippen LogP contribution < -0.4 is 5.32 Å². The summed E-state index contributed by atoms with van der Waals surface area (Å²) in [7, 11) is 0. The molecule has 0 aromatic carbocycles. The van der Waals surface area contributed by atoms with E-state index in [0.29, 0.717) is 6.04 Å². The molecule has 2 aliphatic rings. The van der Waals surface area contributed by atoms with Crippen LogP contribution in [0.3, 0.4) is 0 Å². The lowest BCUT2D eigenvalue weighted by atomic mass is 9.95. The van der Waals surface area contributed by atoms with Crippen LogP contribution in [0.5, 0.6) is 0 Å². The lowest BCUT2D eigenvalue weighted by Gasteiger charge is -2.24. The molecular weight excluding hydrogens is 332 g/mol. The van der Waals surface area contributed by atoms with Gasteiger partial charge in [0.05, 0.1) is 11.3 Å². The van der Waals surface area contributed by atoms with E-state index in [2.05, 4.69) is 44.2 Å². The number of rotatable bonds is 3. The maximum absolute atomic E-state index is 4.53. The summed E-state index contributed by atoms with van der Waals surface area (Å²) in [6, 6.07) is 6.82. The van der Waals surface area contributed by atoms with Crippen molar-refractivity contribution < 1.29 is 0 Å². The predicted molar refractivity (Wildman–Crippen MR) is 109 cm³/mol. The first-order valence-electron chi connectivity index (χ1n) is 10.1. The molecule has 2 aliphatic carbocycles. The number of nitrogens with one attached hydrogen (secondary N) is 2. The van der Waals surface area contributed by atoms with Crippen molar-refractivity contribution in [3.63, 3.8) is 0 Å². The van der Waals surface area contributed by atoms with Gasteiger partial charge in [-0.05, 0) is 55.2 Å². The Labute approximate surface area is 159 Å². The summed E-state index contributed by atoms with van der Waals surface area (Å²) in [5.74, 6) is 7.27. The fraction of sp³-hybridized carbons (Fsp3) is 0.391. The molecule has 0 spiro atoms. The van der Waals surface area contributed by atoms with Crippen LogP contribution in [0.15, 0.2) is 36.8 Å². The van der Waals surface area contributed by atoms with Crippen molar-refractivity contribution in [3.8, 4) is 11.8 Å². The molecule has 3 aromatic rings. The van der Waals surface area contributed by atoms with Crippen molar-refractivity contribution >= 4 is 16.7 Å². The van der Waals surface area contributed by atoms with Gasteiger partial charge in [-0.1, -0.05) is 31.2 Å². The van der Waals surface area contributed by atoms with Crippen molar-refractivity contribution in [2.75, 3.05) is 5.32 Å². The van der Waals surface area contributed by atoms with Gasteiger partial charge < -0.3 is 10.3 Å².